The van der Waals surface area contributed by atoms with Crippen molar-refractivity contribution in [3.63, 3.8) is 0 Å². The Bertz CT molecular complexity index is 3300. The van der Waals surface area contributed by atoms with Gasteiger partial charge in [-0.15, -0.1) is 11.3 Å². The SMILES string of the molecule is c1ccc(N(c2ccc(-c3ccc4c5c3-c3ccccc3-c3cccc6ccc(c5c36)n4-c3ccccc3)cc2)c2ccc3sc4ccccc4c3c2)cc1. The van der Waals surface area contributed by atoms with E-state index < -0.39 is 0 Å². The summed E-state index contributed by atoms with van der Waals surface area (Å²) >= 11 is 1.86. The molecule has 55 heavy (non-hydrogen) atoms. The lowest BCUT2D eigenvalue weighted by Crippen LogP contribution is -2.09. The number of thiophene rings is 1. The molecule has 0 bridgehead atoms. The highest BCUT2D eigenvalue weighted by Gasteiger charge is 2.27. The van der Waals surface area contributed by atoms with Crippen LogP contribution in [-0.2, 0) is 0 Å². The van der Waals surface area contributed by atoms with Crippen molar-refractivity contribution in [2.45, 2.75) is 0 Å². The summed E-state index contributed by atoms with van der Waals surface area (Å²) in [5.41, 5.74) is 14.6. The summed E-state index contributed by atoms with van der Waals surface area (Å²) in [6.07, 6.45) is 0. The van der Waals surface area contributed by atoms with Crippen LogP contribution in [0.2, 0.25) is 0 Å². The number of fused-ring (bicyclic) bond motifs is 6. The van der Waals surface area contributed by atoms with Crippen molar-refractivity contribution in [2.75, 3.05) is 4.90 Å². The molecule has 11 aromatic rings. The molecule has 0 unspecified atom stereocenters. The highest BCUT2D eigenvalue weighted by atomic mass is 32.1. The lowest BCUT2D eigenvalue weighted by molar-refractivity contribution is 1.18. The molecule has 0 N–H and O–H groups in total. The second kappa shape index (κ2) is 11.8. The van der Waals surface area contributed by atoms with Crippen LogP contribution in [0.25, 0.3) is 91.8 Å². The van der Waals surface area contributed by atoms with E-state index in [2.05, 4.69) is 204 Å². The molecule has 0 aliphatic heterocycles. The van der Waals surface area contributed by atoms with E-state index in [0.717, 1.165) is 17.1 Å². The van der Waals surface area contributed by atoms with E-state index >= 15 is 0 Å². The van der Waals surface area contributed by atoms with Crippen molar-refractivity contribution in [2.24, 2.45) is 0 Å². The van der Waals surface area contributed by atoms with Gasteiger partial charge in [0.15, 0.2) is 0 Å². The number of aromatic nitrogens is 1. The van der Waals surface area contributed by atoms with Crippen LogP contribution in [0, 0.1) is 0 Å². The van der Waals surface area contributed by atoms with Gasteiger partial charge in [0.1, 0.15) is 0 Å². The molecule has 0 radical (unpaired) electrons. The zero-order valence-corrected chi connectivity index (χ0v) is 30.6. The van der Waals surface area contributed by atoms with E-state index in [4.69, 9.17) is 0 Å². The number of nitrogens with zero attached hydrogens (tertiary/aromatic N) is 2. The van der Waals surface area contributed by atoms with Crippen LogP contribution in [0.1, 0.15) is 0 Å². The van der Waals surface area contributed by atoms with Gasteiger partial charge >= 0.3 is 0 Å². The minimum Gasteiger partial charge on any atom is -0.310 e. The summed E-state index contributed by atoms with van der Waals surface area (Å²) in [7, 11) is 0. The Morgan fingerprint density at radius 2 is 1.04 bits per heavy atom. The van der Waals surface area contributed by atoms with Gasteiger partial charge in [-0.2, -0.15) is 0 Å². The molecule has 3 heteroatoms. The standard InChI is InChI=1S/C52H32N2S/c1-3-13-35(14-4-1)53(38-27-31-48-44(32-38)41-18-9-10-21-47(41)55-48)37-25-22-33(23-26-37)39-28-30-46-52-50(39)43-19-8-7-17-40(43)42-20-11-12-34-24-29-45(51(52)49(34)42)54(46)36-15-5-2-6-16-36/h1-32H. The van der Waals surface area contributed by atoms with Crippen molar-refractivity contribution in [3.05, 3.63) is 194 Å². The van der Waals surface area contributed by atoms with Gasteiger partial charge in [0.25, 0.3) is 0 Å². The quantitative estimate of drug-likeness (QED) is 0.172. The molecule has 1 aliphatic rings. The Morgan fingerprint density at radius 1 is 0.382 bits per heavy atom. The van der Waals surface area contributed by atoms with Crippen LogP contribution in [0.4, 0.5) is 17.1 Å². The highest BCUT2D eigenvalue weighted by Crippen LogP contribution is 2.52. The van der Waals surface area contributed by atoms with Crippen molar-refractivity contribution in [1.29, 1.82) is 0 Å². The van der Waals surface area contributed by atoms with Gasteiger partial charge in [0, 0.05) is 59.3 Å². The molecule has 1 aliphatic carbocycles. The molecule has 0 saturated heterocycles. The Balaban J connectivity index is 1.09. The van der Waals surface area contributed by atoms with Gasteiger partial charge in [-0.25, -0.2) is 0 Å². The topological polar surface area (TPSA) is 8.17 Å². The number of anilines is 3. The number of rotatable bonds is 5. The first-order chi connectivity index (χ1) is 27.3. The summed E-state index contributed by atoms with van der Waals surface area (Å²) in [6.45, 7) is 0. The zero-order valence-electron chi connectivity index (χ0n) is 29.8. The molecule has 2 aromatic heterocycles. The van der Waals surface area contributed by atoms with E-state index in [-0.39, 0.29) is 0 Å². The Morgan fingerprint density at radius 3 is 1.89 bits per heavy atom. The fraction of sp³-hybridized carbons (Fsp3) is 0. The molecule has 2 heterocycles. The number of benzene rings is 9. The Kier molecular flexibility index (Phi) is 6.54. The smallest absolute Gasteiger partial charge is 0.0548 e. The monoisotopic (exact) mass is 716 g/mol. The highest BCUT2D eigenvalue weighted by molar-refractivity contribution is 7.25. The maximum atomic E-state index is 2.45. The molecule has 2 nitrogen and oxygen atoms in total. The van der Waals surface area contributed by atoms with Crippen LogP contribution in [-0.4, -0.2) is 4.57 Å². The maximum absolute atomic E-state index is 2.45. The minimum absolute atomic E-state index is 1.12. The normalized spacial score (nSPS) is 12.0. The third-order valence-electron chi connectivity index (χ3n) is 11.5. The lowest BCUT2D eigenvalue weighted by atomic mass is 9.88. The molecule has 0 amide bonds. The molecule has 256 valence electrons. The second-order valence-corrected chi connectivity index (χ2v) is 15.5. The molecule has 0 atom stereocenters. The van der Waals surface area contributed by atoms with Gasteiger partial charge in [-0.1, -0.05) is 121 Å². The van der Waals surface area contributed by atoms with Gasteiger partial charge in [-0.3, -0.25) is 0 Å². The van der Waals surface area contributed by atoms with E-state index in [1.807, 2.05) is 11.3 Å². The van der Waals surface area contributed by atoms with Gasteiger partial charge < -0.3 is 9.47 Å². The van der Waals surface area contributed by atoms with Gasteiger partial charge in [0.05, 0.1) is 11.0 Å². The van der Waals surface area contributed by atoms with Crippen LogP contribution in [0.5, 0.6) is 0 Å². The van der Waals surface area contributed by atoms with Crippen LogP contribution in [0.15, 0.2) is 194 Å². The summed E-state index contributed by atoms with van der Waals surface area (Å²) in [4.78, 5) is 2.38. The predicted octanol–water partition coefficient (Wildman–Crippen LogP) is 15.1. The van der Waals surface area contributed by atoms with Crippen molar-refractivity contribution < 1.29 is 0 Å². The van der Waals surface area contributed by atoms with E-state index in [1.165, 1.54) is 91.8 Å². The average Bonchev–Trinajstić information content (AvgIpc) is 3.76. The fourth-order valence-corrected chi connectivity index (χ4v) is 10.3. The second-order valence-electron chi connectivity index (χ2n) is 14.5. The summed E-state index contributed by atoms with van der Waals surface area (Å²) in [5, 5.41) is 7.83. The molecule has 0 fully saturated rings. The van der Waals surface area contributed by atoms with Gasteiger partial charge in [0.2, 0.25) is 0 Å². The number of hydrogen-bond acceptors (Lipinski definition) is 2. The van der Waals surface area contributed by atoms with Crippen molar-refractivity contribution in [1.82, 2.24) is 4.57 Å². The summed E-state index contributed by atoms with van der Waals surface area (Å²) in [5.74, 6) is 0. The third-order valence-corrected chi connectivity index (χ3v) is 12.7. The summed E-state index contributed by atoms with van der Waals surface area (Å²) in [6, 6.07) is 71.4. The van der Waals surface area contributed by atoms with Gasteiger partial charge in [-0.05, 0) is 111 Å². The Hall–Kier alpha value is -6.94. The van der Waals surface area contributed by atoms with E-state index in [9.17, 15) is 0 Å². The van der Waals surface area contributed by atoms with E-state index in [0.29, 0.717) is 0 Å². The fourth-order valence-electron chi connectivity index (χ4n) is 9.17. The molecule has 0 spiro atoms. The van der Waals surface area contributed by atoms with Crippen LogP contribution >= 0.6 is 11.3 Å². The van der Waals surface area contributed by atoms with Crippen LogP contribution < -0.4 is 4.90 Å². The minimum atomic E-state index is 1.12. The summed E-state index contributed by atoms with van der Waals surface area (Å²) < 4.78 is 5.08. The molecular weight excluding hydrogens is 685 g/mol. The Labute approximate surface area is 322 Å². The molecule has 9 aromatic carbocycles. The average molecular weight is 717 g/mol. The predicted molar refractivity (Wildman–Crippen MR) is 236 cm³/mol. The molecule has 12 rings (SSSR count). The number of para-hydroxylation sites is 2. The van der Waals surface area contributed by atoms with Crippen molar-refractivity contribution in [3.8, 4) is 39.1 Å². The first-order valence-corrected chi connectivity index (χ1v) is 19.7. The lowest BCUT2D eigenvalue weighted by Gasteiger charge is -2.26. The third kappa shape index (κ3) is 4.48. The zero-order chi connectivity index (χ0) is 36.0. The van der Waals surface area contributed by atoms with Crippen LogP contribution in [0.3, 0.4) is 0 Å². The number of hydrogen-bond donors (Lipinski definition) is 0. The molecular formula is C52H32N2S. The van der Waals surface area contributed by atoms with Crippen molar-refractivity contribution >= 4 is 81.1 Å². The first kappa shape index (κ1) is 30.5. The maximum Gasteiger partial charge on any atom is 0.0548 e. The largest absolute Gasteiger partial charge is 0.310 e. The molecule has 0 saturated carbocycles. The first-order valence-electron chi connectivity index (χ1n) is 18.9. The van der Waals surface area contributed by atoms with E-state index in [1.54, 1.807) is 0 Å².